The number of rotatable bonds is 4. The van der Waals surface area contributed by atoms with Gasteiger partial charge in [-0.15, -0.1) is 0 Å². The Kier molecular flexibility index (Phi) is 3.89. The summed E-state index contributed by atoms with van der Waals surface area (Å²) in [5.74, 6) is -0.409. The zero-order valence-corrected chi connectivity index (χ0v) is 15.1. The molecule has 5 unspecified atom stereocenters. The molecular weight excluding hydrogens is 356 g/mol. The highest BCUT2D eigenvalue weighted by atomic mass is 16.2. The van der Waals surface area contributed by atoms with Gasteiger partial charge in [-0.3, -0.25) is 19.1 Å². The molecular formula is C21H20N4O3. The van der Waals surface area contributed by atoms with Gasteiger partial charge in [-0.25, -0.2) is 9.78 Å². The SMILES string of the molecule is O=C1C2C3C=CC(C3)C2C(=O)N1C(CNC(=O)n1ccnc1)c1ccccc1. The molecule has 1 N–H and O–H groups in total. The van der Waals surface area contributed by atoms with E-state index in [1.54, 1.807) is 6.20 Å². The second kappa shape index (κ2) is 6.44. The maximum atomic E-state index is 13.2. The van der Waals surface area contributed by atoms with Crippen molar-refractivity contribution in [1.82, 2.24) is 19.8 Å². The highest BCUT2D eigenvalue weighted by Crippen LogP contribution is 2.53. The van der Waals surface area contributed by atoms with Gasteiger partial charge in [-0.1, -0.05) is 42.5 Å². The summed E-state index contributed by atoms with van der Waals surface area (Å²) in [6, 6.07) is 8.52. The number of benzene rings is 1. The number of imidazole rings is 1. The number of hydrogen-bond donors (Lipinski definition) is 1. The van der Waals surface area contributed by atoms with E-state index in [1.807, 2.05) is 30.3 Å². The average Bonchev–Trinajstić information content (AvgIpc) is 3.49. The van der Waals surface area contributed by atoms with Crippen LogP contribution in [0.5, 0.6) is 0 Å². The predicted octanol–water partition coefficient (Wildman–Crippen LogP) is 1.99. The van der Waals surface area contributed by atoms with Gasteiger partial charge in [-0.2, -0.15) is 0 Å². The van der Waals surface area contributed by atoms with Crippen LogP contribution in [0, 0.1) is 23.7 Å². The number of hydrogen-bond acceptors (Lipinski definition) is 4. The molecule has 5 atom stereocenters. The normalized spacial score (nSPS) is 28.6. The second-order valence-electron chi connectivity index (χ2n) is 7.63. The summed E-state index contributed by atoms with van der Waals surface area (Å²) < 4.78 is 1.33. The average molecular weight is 376 g/mol. The molecule has 1 aliphatic heterocycles. The predicted molar refractivity (Wildman–Crippen MR) is 99.8 cm³/mol. The lowest BCUT2D eigenvalue weighted by molar-refractivity contribution is -0.143. The van der Waals surface area contributed by atoms with E-state index in [4.69, 9.17) is 0 Å². The van der Waals surface area contributed by atoms with Crippen LogP contribution in [0.25, 0.3) is 0 Å². The molecule has 0 radical (unpaired) electrons. The van der Waals surface area contributed by atoms with Gasteiger partial charge in [0.05, 0.1) is 17.9 Å². The van der Waals surface area contributed by atoms with E-state index in [2.05, 4.69) is 22.5 Å². The van der Waals surface area contributed by atoms with Crippen LogP contribution in [0.15, 0.2) is 61.2 Å². The zero-order chi connectivity index (χ0) is 19.3. The topological polar surface area (TPSA) is 84.3 Å². The van der Waals surface area contributed by atoms with Crippen LogP contribution in [-0.2, 0) is 9.59 Å². The number of nitrogens with one attached hydrogen (secondary N) is 1. The van der Waals surface area contributed by atoms with E-state index in [9.17, 15) is 14.4 Å². The van der Waals surface area contributed by atoms with Crippen molar-refractivity contribution in [3.63, 3.8) is 0 Å². The molecule has 1 saturated heterocycles. The minimum Gasteiger partial charge on any atom is -0.335 e. The van der Waals surface area contributed by atoms with Gasteiger partial charge in [0, 0.05) is 18.9 Å². The van der Waals surface area contributed by atoms with Gasteiger partial charge < -0.3 is 5.32 Å². The Balaban J connectivity index is 1.43. The molecule has 7 nitrogen and oxygen atoms in total. The molecule has 2 bridgehead atoms. The molecule has 2 aliphatic carbocycles. The summed E-state index contributed by atoms with van der Waals surface area (Å²) in [7, 11) is 0. The Morgan fingerprint density at radius 2 is 1.79 bits per heavy atom. The minimum absolute atomic E-state index is 0.113. The van der Waals surface area contributed by atoms with Crippen LogP contribution in [0.1, 0.15) is 18.0 Å². The smallest absolute Gasteiger partial charge is 0.326 e. The molecule has 0 spiro atoms. The number of aromatic nitrogens is 2. The molecule has 1 aromatic heterocycles. The number of carbonyl (C=O) groups is 3. The number of nitrogens with zero attached hydrogens (tertiary/aromatic N) is 3. The molecule has 28 heavy (non-hydrogen) atoms. The van der Waals surface area contributed by atoms with Crippen molar-refractivity contribution in [2.75, 3.05) is 6.54 Å². The largest absolute Gasteiger partial charge is 0.335 e. The maximum absolute atomic E-state index is 13.2. The lowest BCUT2D eigenvalue weighted by Gasteiger charge is -2.28. The van der Waals surface area contributed by atoms with Crippen molar-refractivity contribution in [2.45, 2.75) is 12.5 Å². The molecule has 2 aromatic rings. The van der Waals surface area contributed by atoms with Gasteiger partial charge >= 0.3 is 6.03 Å². The highest BCUT2D eigenvalue weighted by molar-refractivity contribution is 6.06. The van der Waals surface area contributed by atoms with Crippen molar-refractivity contribution in [1.29, 1.82) is 0 Å². The summed E-state index contributed by atoms with van der Waals surface area (Å²) in [5.41, 5.74) is 0.829. The summed E-state index contributed by atoms with van der Waals surface area (Å²) in [6.07, 6.45) is 9.54. The molecule has 2 heterocycles. The van der Waals surface area contributed by atoms with Crippen LogP contribution < -0.4 is 5.32 Å². The Morgan fingerprint density at radius 1 is 1.11 bits per heavy atom. The molecule has 7 heteroatoms. The van der Waals surface area contributed by atoms with E-state index in [0.29, 0.717) is 0 Å². The van der Waals surface area contributed by atoms with Crippen LogP contribution in [0.4, 0.5) is 4.79 Å². The standard InChI is InChI=1S/C21H20N4O3/c26-19-17-14-6-7-15(10-14)18(17)20(27)25(19)16(13-4-2-1-3-5-13)11-23-21(28)24-9-8-22-12-24/h1-9,12,14-18H,10-11H2,(H,23,28). The first-order valence-electron chi connectivity index (χ1n) is 9.51. The first kappa shape index (κ1) is 16.9. The molecule has 142 valence electrons. The number of likely N-dealkylation sites (tertiary alicyclic amines) is 1. The van der Waals surface area contributed by atoms with E-state index < -0.39 is 6.04 Å². The van der Waals surface area contributed by atoms with Crippen LogP contribution in [0.2, 0.25) is 0 Å². The summed E-state index contributed by atoms with van der Waals surface area (Å²) in [5, 5.41) is 2.83. The molecule has 1 aromatic carbocycles. The van der Waals surface area contributed by atoms with Crippen LogP contribution in [-0.4, -0.2) is 38.8 Å². The highest BCUT2D eigenvalue weighted by Gasteiger charge is 2.60. The number of allylic oxidation sites excluding steroid dienone is 2. The lowest BCUT2D eigenvalue weighted by Crippen LogP contribution is -2.43. The van der Waals surface area contributed by atoms with E-state index >= 15 is 0 Å². The fourth-order valence-electron chi connectivity index (χ4n) is 4.92. The molecule has 3 aliphatic rings. The van der Waals surface area contributed by atoms with Gasteiger partial charge in [-0.05, 0) is 23.8 Å². The van der Waals surface area contributed by atoms with Crippen molar-refractivity contribution >= 4 is 17.8 Å². The minimum atomic E-state index is -0.529. The van der Waals surface area contributed by atoms with Gasteiger partial charge in [0.2, 0.25) is 11.8 Å². The van der Waals surface area contributed by atoms with Gasteiger partial charge in [0.15, 0.2) is 0 Å². The van der Waals surface area contributed by atoms with Gasteiger partial charge in [0.1, 0.15) is 6.33 Å². The number of amides is 3. The Labute approximate surface area is 162 Å². The third kappa shape index (κ3) is 2.50. The fraction of sp³-hybridized carbons (Fsp3) is 0.333. The van der Waals surface area contributed by atoms with Crippen molar-refractivity contribution in [3.8, 4) is 0 Å². The van der Waals surface area contributed by atoms with E-state index in [0.717, 1.165) is 12.0 Å². The number of fused-ring (bicyclic) bond motifs is 5. The summed E-state index contributed by atoms with van der Waals surface area (Å²) in [4.78, 5) is 44.0. The van der Waals surface area contributed by atoms with Crippen LogP contribution >= 0.6 is 0 Å². The van der Waals surface area contributed by atoms with E-state index in [1.165, 1.54) is 22.0 Å². The Hall–Kier alpha value is -3.22. The first-order chi connectivity index (χ1) is 13.6. The second-order valence-corrected chi connectivity index (χ2v) is 7.63. The van der Waals surface area contributed by atoms with Crippen LogP contribution in [0.3, 0.4) is 0 Å². The maximum Gasteiger partial charge on any atom is 0.326 e. The molecule has 3 amide bonds. The monoisotopic (exact) mass is 376 g/mol. The molecule has 2 fully saturated rings. The molecule has 1 saturated carbocycles. The van der Waals surface area contributed by atoms with Crippen molar-refractivity contribution in [3.05, 3.63) is 66.8 Å². The Morgan fingerprint density at radius 3 is 2.39 bits per heavy atom. The fourth-order valence-corrected chi connectivity index (χ4v) is 4.92. The third-order valence-electron chi connectivity index (χ3n) is 6.19. The Bertz CT molecular complexity index is 923. The van der Waals surface area contributed by atoms with E-state index in [-0.39, 0.29) is 48.1 Å². The summed E-state index contributed by atoms with van der Waals surface area (Å²) >= 11 is 0. The first-order valence-corrected chi connectivity index (χ1v) is 9.51. The van der Waals surface area contributed by atoms with Gasteiger partial charge in [0.25, 0.3) is 0 Å². The van der Waals surface area contributed by atoms with Crippen molar-refractivity contribution < 1.29 is 14.4 Å². The molecule has 5 rings (SSSR count). The summed E-state index contributed by atoms with van der Waals surface area (Å²) in [6.45, 7) is 0.153. The third-order valence-corrected chi connectivity index (χ3v) is 6.19. The number of carbonyl (C=O) groups excluding carboxylic acids is 3. The quantitative estimate of drug-likeness (QED) is 0.653. The zero-order valence-electron chi connectivity index (χ0n) is 15.1. The van der Waals surface area contributed by atoms with Crippen molar-refractivity contribution in [2.24, 2.45) is 23.7 Å². The number of imide groups is 1. The lowest BCUT2D eigenvalue weighted by atomic mass is 9.85.